The van der Waals surface area contributed by atoms with E-state index in [2.05, 4.69) is 20.1 Å². The molecule has 0 aromatic carbocycles. The highest BCUT2D eigenvalue weighted by molar-refractivity contribution is 5.71. The van der Waals surface area contributed by atoms with E-state index in [1.165, 1.54) is 18.5 Å². The van der Waals surface area contributed by atoms with Crippen LogP contribution in [0.25, 0.3) is 11.2 Å². The molecule has 5 rings (SSSR count). The number of ether oxygens (including phenoxy) is 1. The van der Waals surface area contributed by atoms with Crippen molar-refractivity contribution in [3.8, 4) is 0 Å². The van der Waals surface area contributed by atoms with Gasteiger partial charge in [0.05, 0.1) is 36.5 Å². The fraction of sp³-hybridized carbons (Fsp3) is 0.524. The molecular weight excluding hydrogens is 461 g/mol. The summed E-state index contributed by atoms with van der Waals surface area (Å²) in [5, 5.41) is 3.96. The van der Waals surface area contributed by atoms with Crippen LogP contribution in [0.1, 0.15) is 18.5 Å². The second kappa shape index (κ2) is 8.60. The van der Waals surface area contributed by atoms with E-state index in [-0.39, 0.29) is 0 Å². The van der Waals surface area contributed by atoms with Crippen molar-refractivity contribution in [3.63, 3.8) is 0 Å². The van der Waals surface area contributed by atoms with E-state index in [0.717, 1.165) is 10.7 Å². The lowest BCUT2D eigenvalue weighted by Gasteiger charge is -2.48. The van der Waals surface area contributed by atoms with Gasteiger partial charge >= 0.3 is 6.18 Å². The van der Waals surface area contributed by atoms with Crippen LogP contribution < -0.4 is 9.80 Å². The Morgan fingerprint density at radius 2 is 1.79 bits per heavy atom. The van der Waals surface area contributed by atoms with Crippen LogP contribution in [0.3, 0.4) is 0 Å². The minimum Gasteiger partial charge on any atom is -0.371 e. The first kappa shape index (κ1) is 22.7. The predicted molar refractivity (Wildman–Crippen MR) is 113 cm³/mol. The number of halogens is 5. The minimum absolute atomic E-state index is 0.308. The first-order valence-corrected chi connectivity index (χ1v) is 10.9. The third kappa shape index (κ3) is 4.48. The molecule has 8 nitrogen and oxygen atoms in total. The van der Waals surface area contributed by atoms with Crippen molar-refractivity contribution in [1.82, 2.24) is 24.7 Å². The van der Waals surface area contributed by atoms with Crippen LogP contribution in [0, 0.1) is 0 Å². The average Bonchev–Trinajstić information content (AvgIpc) is 3.20. The summed E-state index contributed by atoms with van der Waals surface area (Å²) in [6.45, 7) is 2.26. The topological polar surface area (TPSA) is 72.2 Å². The maximum atomic E-state index is 12.9. The maximum Gasteiger partial charge on any atom is 0.433 e. The molecule has 2 fully saturated rings. The van der Waals surface area contributed by atoms with Crippen LogP contribution >= 0.6 is 0 Å². The molecule has 0 amide bonds. The Labute approximate surface area is 191 Å². The molecule has 0 unspecified atom stereocenters. The number of pyridine rings is 1. The Morgan fingerprint density at radius 3 is 2.47 bits per heavy atom. The number of nitrogens with zero attached hydrogens (tertiary/aromatic N) is 7. The average molecular weight is 483 g/mol. The van der Waals surface area contributed by atoms with E-state index >= 15 is 0 Å². The van der Waals surface area contributed by atoms with Gasteiger partial charge < -0.3 is 14.5 Å². The largest absolute Gasteiger partial charge is 0.433 e. The zero-order valence-corrected chi connectivity index (χ0v) is 18.0. The molecule has 0 aliphatic carbocycles. The second-order valence-corrected chi connectivity index (χ2v) is 8.49. The van der Waals surface area contributed by atoms with Gasteiger partial charge in [0.15, 0.2) is 5.65 Å². The summed E-state index contributed by atoms with van der Waals surface area (Å²) >= 11 is 0. The van der Waals surface area contributed by atoms with Crippen molar-refractivity contribution in [3.05, 3.63) is 36.4 Å². The summed E-state index contributed by atoms with van der Waals surface area (Å²) in [5.74, 6) is 0.570. The Hall–Kier alpha value is -3.09. The van der Waals surface area contributed by atoms with Gasteiger partial charge in [-0.25, -0.2) is 28.4 Å². The SMILES string of the molecule is FC(F)Cn1ncc2ncc(N3CCOC4(CCN(c5ccc(C(F)(F)F)nc5)CC4)C3)nc21. The Bertz CT molecular complexity index is 1140. The third-order valence-electron chi connectivity index (χ3n) is 6.29. The molecule has 0 bridgehead atoms. The molecule has 5 heterocycles. The molecule has 0 atom stereocenters. The summed E-state index contributed by atoms with van der Waals surface area (Å²) in [6.07, 6.45) is -1.40. The minimum atomic E-state index is -4.47. The van der Waals surface area contributed by atoms with Crippen molar-refractivity contribution in [2.75, 3.05) is 42.6 Å². The fourth-order valence-electron chi connectivity index (χ4n) is 4.51. The lowest BCUT2D eigenvalue weighted by atomic mass is 9.89. The van der Waals surface area contributed by atoms with Gasteiger partial charge in [0.25, 0.3) is 6.43 Å². The molecule has 2 saturated heterocycles. The lowest BCUT2D eigenvalue weighted by Crippen LogP contribution is -2.57. The number of hydrogen-bond donors (Lipinski definition) is 0. The molecule has 182 valence electrons. The first-order valence-electron chi connectivity index (χ1n) is 10.9. The van der Waals surface area contributed by atoms with Crippen molar-refractivity contribution >= 4 is 22.7 Å². The third-order valence-corrected chi connectivity index (χ3v) is 6.29. The van der Waals surface area contributed by atoms with Crippen LogP contribution in [0.15, 0.2) is 30.7 Å². The molecule has 0 N–H and O–H groups in total. The monoisotopic (exact) mass is 483 g/mol. The van der Waals surface area contributed by atoms with Crippen molar-refractivity contribution in [2.24, 2.45) is 0 Å². The zero-order valence-electron chi connectivity index (χ0n) is 18.0. The quantitative estimate of drug-likeness (QED) is 0.527. The molecule has 0 saturated carbocycles. The van der Waals surface area contributed by atoms with Gasteiger partial charge in [-0.2, -0.15) is 18.3 Å². The first-order chi connectivity index (χ1) is 16.2. The number of alkyl halides is 5. The Morgan fingerprint density at radius 1 is 1.00 bits per heavy atom. The summed E-state index contributed by atoms with van der Waals surface area (Å²) in [5.41, 5.74) is 0.0467. The summed E-state index contributed by atoms with van der Waals surface area (Å²) in [6, 6.07) is 2.43. The predicted octanol–water partition coefficient (Wildman–Crippen LogP) is 3.38. The van der Waals surface area contributed by atoms with Gasteiger partial charge in [0, 0.05) is 26.2 Å². The lowest BCUT2D eigenvalue weighted by molar-refractivity contribution is -0.141. The Balaban J connectivity index is 1.28. The van der Waals surface area contributed by atoms with Crippen molar-refractivity contribution in [1.29, 1.82) is 0 Å². The van der Waals surface area contributed by atoms with E-state index in [1.54, 1.807) is 6.20 Å². The molecule has 13 heteroatoms. The molecule has 3 aromatic rings. The molecule has 3 aromatic heterocycles. The van der Waals surface area contributed by atoms with E-state index in [0.29, 0.717) is 68.3 Å². The normalized spacial score (nSPS) is 18.9. The van der Waals surface area contributed by atoms with Crippen LogP contribution in [0.5, 0.6) is 0 Å². The molecule has 1 spiro atoms. The number of fused-ring (bicyclic) bond motifs is 1. The fourth-order valence-corrected chi connectivity index (χ4v) is 4.51. The number of piperidine rings is 1. The standard InChI is InChI=1S/C21H22F5N7O/c22-17(23)12-33-19-15(10-29-33)27-11-18(30-19)32-7-8-34-20(13-32)3-5-31(6-4-20)14-1-2-16(28-9-14)21(24,25)26/h1-2,9-11,17H,3-8,12-13H2. The van der Waals surface area contributed by atoms with E-state index < -0.39 is 30.4 Å². The Kier molecular flexibility index (Phi) is 5.74. The van der Waals surface area contributed by atoms with Crippen molar-refractivity contribution < 1.29 is 26.7 Å². The van der Waals surface area contributed by atoms with Gasteiger partial charge in [-0.3, -0.25) is 0 Å². The number of morpholine rings is 1. The number of hydrogen-bond acceptors (Lipinski definition) is 7. The highest BCUT2D eigenvalue weighted by Crippen LogP contribution is 2.34. The summed E-state index contributed by atoms with van der Waals surface area (Å²) in [7, 11) is 0. The molecular formula is C21H22F5N7O. The molecule has 34 heavy (non-hydrogen) atoms. The zero-order chi connectivity index (χ0) is 23.9. The number of anilines is 2. The second-order valence-electron chi connectivity index (χ2n) is 8.49. The summed E-state index contributed by atoms with van der Waals surface area (Å²) < 4.78 is 71.4. The van der Waals surface area contributed by atoms with Crippen LogP contribution in [0.4, 0.5) is 33.5 Å². The van der Waals surface area contributed by atoms with E-state index in [1.807, 2.05) is 9.80 Å². The van der Waals surface area contributed by atoms with Crippen LogP contribution in [-0.4, -0.2) is 69.5 Å². The van der Waals surface area contributed by atoms with Gasteiger partial charge in [0.1, 0.15) is 23.6 Å². The maximum absolute atomic E-state index is 12.9. The van der Waals surface area contributed by atoms with Gasteiger partial charge in [0.2, 0.25) is 0 Å². The smallest absolute Gasteiger partial charge is 0.371 e. The number of aromatic nitrogens is 5. The van der Waals surface area contributed by atoms with E-state index in [4.69, 9.17) is 4.74 Å². The highest BCUT2D eigenvalue weighted by Gasteiger charge is 2.40. The van der Waals surface area contributed by atoms with Crippen LogP contribution in [-0.2, 0) is 17.5 Å². The molecule has 0 radical (unpaired) electrons. The van der Waals surface area contributed by atoms with Gasteiger partial charge in [-0.1, -0.05) is 0 Å². The van der Waals surface area contributed by atoms with Gasteiger partial charge in [-0.05, 0) is 25.0 Å². The van der Waals surface area contributed by atoms with Crippen molar-refractivity contribution in [2.45, 2.75) is 37.6 Å². The molecule has 2 aliphatic rings. The number of rotatable bonds is 4. The summed E-state index contributed by atoms with van der Waals surface area (Å²) in [4.78, 5) is 16.4. The molecule has 2 aliphatic heterocycles. The van der Waals surface area contributed by atoms with E-state index in [9.17, 15) is 22.0 Å². The van der Waals surface area contributed by atoms with Gasteiger partial charge in [-0.15, -0.1) is 0 Å². The van der Waals surface area contributed by atoms with Crippen LogP contribution in [0.2, 0.25) is 0 Å². The highest BCUT2D eigenvalue weighted by atomic mass is 19.4.